The van der Waals surface area contributed by atoms with Crippen molar-refractivity contribution in [2.24, 2.45) is 0 Å². The van der Waals surface area contributed by atoms with Crippen LogP contribution in [0.3, 0.4) is 0 Å². The number of nitriles is 1. The van der Waals surface area contributed by atoms with Gasteiger partial charge >= 0.3 is 0 Å². The molecule has 4 heteroatoms. The molecule has 2 aromatic carbocycles. The zero-order valence-electron chi connectivity index (χ0n) is 24.4. The van der Waals surface area contributed by atoms with E-state index in [1.807, 2.05) is 33.0 Å². The van der Waals surface area contributed by atoms with Crippen molar-refractivity contribution >= 4 is 22.7 Å². The van der Waals surface area contributed by atoms with Gasteiger partial charge in [-0.2, -0.15) is 5.26 Å². The highest BCUT2D eigenvalue weighted by molar-refractivity contribution is 5.88. The molecule has 39 heavy (non-hydrogen) atoms. The second-order valence-corrected chi connectivity index (χ2v) is 9.92. The van der Waals surface area contributed by atoms with E-state index >= 15 is 0 Å². The van der Waals surface area contributed by atoms with Crippen LogP contribution in [0.1, 0.15) is 70.1 Å². The number of aromatic nitrogens is 1. The Morgan fingerprint density at radius 1 is 1.13 bits per heavy atom. The first kappa shape index (κ1) is 29.7. The molecule has 1 aliphatic heterocycles. The van der Waals surface area contributed by atoms with Crippen LogP contribution in [-0.2, 0) is 6.54 Å². The number of allylic oxidation sites excluding steroid dienone is 5. The molecule has 1 fully saturated rings. The summed E-state index contributed by atoms with van der Waals surface area (Å²) in [4.78, 5) is 5.82. The Bertz CT molecular complexity index is 1390. The standard InChI is InChI=1S/C33H38N4.C2H6/c1-5-10-28(22-34)33(36-31-15-16-32-30(25(31)4)17-18-35-32)29(24(2)3)14-13-26-11-9-12-27(21-26)23-37-19-7-6-8-20-37;1-2/h9-18,21,35-36H,2,5-8,19-20,23H2,1,3-4H3;1-2H3/b14-13+,28-10?,33-29+;. The largest absolute Gasteiger partial charge is 0.361 e. The summed E-state index contributed by atoms with van der Waals surface area (Å²) in [7, 11) is 0. The predicted molar refractivity (Wildman–Crippen MR) is 168 cm³/mol. The minimum atomic E-state index is 0.623. The molecule has 0 radical (unpaired) electrons. The van der Waals surface area contributed by atoms with Gasteiger partial charge in [0.2, 0.25) is 0 Å². The van der Waals surface area contributed by atoms with Gasteiger partial charge in [-0.3, -0.25) is 4.90 Å². The van der Waals surface area contributed by atoms with Gasteiger partial charge in [0.25, 0.3) is 0 Å². The zero-order valence-corrected chi connectivity index (χ0v) is 24.4. The van der Waals surface area contributed by atoms with Crippen molar-refractivity contribution in [3.05, 3.63) is 106 Å². The maximum Gasteiger partial charge on any atom is 0.101 e. The average molecular weight is 521 g/mol. The molecule has 0 aliphatic carbocycles. The number of piperidine rings is 1. The van der Waals surface area contributed by atoms with Crippen LogP contribution in [0, 0.1) is 18.3 Å². The minimum absolute atomic E-state index is 0.623. The van der Waals surface area contributed by atoms with Crippen LogP contribution in [0.15, 0.2) is 89.8 Å². The molecule has 4 nitrogen and oxygen atoms in total. The van der Waals surface area contributed by atoms with Crippen LogP contribution < -0.4 is 5.32 Å². The molecule has 3 aromatic rings. The van der Waals surface area contributed by atoms with E-state index in [2.05, 4.69) is 96.3 Å². The second kappa shape index (κ2) is 15.0. The molecule has 2 N–H and O–H groups in total. The van der Waals surface area contributed by atoms with Crippen molar-refractivity contribution in [3.63, 3.8) is 0 Å². The van der Waals surface area contributed by atoms with E-state index in [-0.39, 0.29) is 0 Å². The third-order valence-electron chi connectivity index (χ3n) is 7.04. The number of likely N-dealkylation sites (tertiary alicyclic amines) is 1. The lowest BCUT2D eigenvalue weighted by Gasteiger charge is -2.26. The fraction of sp³-hybridized carbons (Fsp3) is 0.343. The summed E-state index contributed by atoms with van der Waals surface area (Å²) < 4.78 is 0. The normalized spacial score (nSPS) is 14.9. The Balaban J connectivity index is 0.00000205. The van der Waals surface area contributed by atoms with Crippen LogP contribution in [-0.4, -0.2) is 23.0 Å². The van der Waals surface area contributed by atoms with Gasteiger partial charge in [0, 0.05) is 34.9 Å². The smallest absolute Gasteiger partial charge is 0.101 e. The van der Waals surface area contributed by atoms with Gasteiger partial charge in [-0.25, -0.2) is 0 Å². The number of nitrogens with zero attached hydrogens (tertiary/aromatic N) is 2. The van der Waals surface area contributed by atoms with E-state index in [1.165, 1.54) is 43.3 Å². The maximum atomic E-state index is 10.1. The monoisotopic (exact) mass is 520 g/mol. The molecule has 1 aliphatic rings. The topological polar surface area (TPSA) is 54.8 Å². The van der Waals surface area contributed by atoms with E-state index in [0.29, 0.717) is 5.57 Å². The first-order valence-corrected chi connectivity index (χ1v) is 14.3. The van der Waals surface area contributed by atoms with Crippen molar-refractivity contribution in [2.75, 3.05) is 18.4 Å². The highest BCUT2D eigenvalue weighted by Gasteiger charge is 2.14. The lowest BCUT2D eigenvalue weighted by Crippen LogP contribution is -2.29. The number of anilines is 1. The minimum Gasteiger partial charge on any atom is -0.361 e. The summed E-state index contributed by atoms with van der Waals surface area (Å²) in [5, 5.41) is 14.8. The van der Waals surface area contributed by atoms with Gasteiger partial charge in [-0.1, -0.05) is 76.3 Å². The first-order valence-electron chi connectivity index (χ1n) is 14.3. The Morgan fingerprint density at radius 2 is 1.90 bits per heavy atom. The van der Waals surface area contributed by atoms with Gasteiger partial charge in [0.15, 0.2) is 0 Å². The van der Waals surface area contributed by atoms with Crippen molar-refractivity contribution < 1.29 is 0 Å². The molecular formula is C35H44N4. The lowest BCUT2D eigenvalue weighted by atomic mass is 9.98. The van der Waals surface area contributed by atoms with Gasteiger partial charge in [-0.05, 0) is 86.7 Å². The van der Waals surface area contributed by atoms with E-state index < -0.39 is 0 Å². The number of hydrogen-bond donors (Lipinski definition) is 2. The molecule has 1 saturated heterocycles. The number of rotatable bonds is 9. The van der Waals surface area contributed by atoms with E-state index in [0.717, 1.165) is 52.1 Å². The SMILES string of the molecule is C=C(C)C(/C=C/c1cccc(CN2CCCCC2)c1)=C(/Nc1ccc2[nH]ccc2c1C)C(C#N)=CCC.CC. The van der Waals surface area contributed by atoms with Crippen LogP contribution in [0.25, 0.3) is 17.0 Å². The molecule has 4 rings (SSSR count). The highest BCUT2D eigenvalue weighted by Crippen LogP contribution is 2.30. The third-order valence-corrected chi connectivity index (χ3v) is 7.04. The molecule has 0 unspecified atom stereocenters. The molecule has 0 saturated carbocycles. The molecular weight excluding hydrogens is 476 g/mol. The summed E-state index contributed by atoms with van der Waals surface area (Å²) in [5.41, 5.74) is 8.95. The number of H-pyrrole nitrogens is 1. The van der Waals surface area contributed by atoms with Gasteiger partial charge in [0.05, 0.1) is 11.3 Å². The van der Waals surface area contributed by atoms with Crippen LogP contribution >= 0.6 is 0 Å². The number of nitrogens with one attached hydrogen (secondary N) is 2. The summed E-state index contributed by atoms with van der Waals surface area (Å²) in [6, 6.07) is 17.4. The molecule has 204 valence electrons. The average Bonchev–Trinajstić information content (AvgIpc) is 3.44. The summed E-state index contributed by atoms with van der Waals surface area (Å²) in [6.07, 6.45) is 12.9. The lowest BCUT2D eigenvalue weighted by molar-refractivity contribution is 0.221. The molecule has 1 aromatic heterocycles. The molecule has 2 heterocycles. The number of hydrogen-bond acceptors (Lipinski definition) is 3. The highest BCUT2D eigenvalue weighted by atomic mass is 15.1. The summed E-state index contributed by atoms with van der Waals surface area (Å²) in [6.45, 7) is 17.8. The van der Waals surface area contributed by atoms with Gasteiger partial charge in [-0.15, -0.1) is 0 Å². The molecule has 0 atom stereocenters. The molecule has 0 bridgehead atoms. The van der Waals surface area contributed by atoms with Crippen molar-refractivity contribution in [2.45, 2.75) is 66.8 Å². The maximum absolute atomic E-state index is 10.1. The van der Waals surface area contributed by atoms with Crippen molar-refractivity contribution in [1.29, 1.82) is 5.26 Å². The number of aryl methyl sites for hydroxylation is 1. The Hall–Kier alpha value is -3.81. The fourth-order valence-electron chi connectivity index (χ4n) is 5.03. The Labute approximate surface area is 235 Å². The number of benzene rings is 2. The number of fused-ring (bicyclic) bond motifs is 1. The van der Waals surface area contributed by atoms with Gasteiger partial charge < -0.3 is 10.3 Å². The Kier molecular flexibility index (Phi) is 11.4. The zero-order chi connectivity index (χ0) is 28.2. The van der Waals surface area contributed by atoms with E-state index in [9.17, 15) is 5.26 Å². The summed E-state index contributed by atoms with van der Waals surface area (Å²) >= 11 is 0. The quantitative estimate of drug-likeness (QED) is 0.218. The molecule has 0 spiro atoms. The number of aromatic amines is 1. The first-order chi connectivity index (χ1) is 19.0. The Morgan fingerprint density at radius 3 is 2.59 bits per heavy atom. The fourth-order valence-corrected chi connectivity index (χ4v) is 5.03. The second-order valence-electron chi connectivity index (χ2n) is 9.92. The van der Waals surface area contributed by atoms with E-state index in [4.69, 9.17) is 0 Å². The third kappa shape index (κ3) is 7.85. The summed E-state index contributed by atoms with van der Waals surface area (Å²) in [5.74, 6) is 0. The van der Waals surface area contributed by atoms with Crippen LogP contribution in [0.5, 0.6) is 0 Å². The van der Waals surface area contributed by atoms with Gasteiger partial charge in [0.1, 0.15) is 6.07 Å². The molecule has 0 amide bonds. The van der Waals surface area contributed by atoms with Crippen LogP contribution in [0.2, 0.25) is 0 Å². The van der Waals surface area contributed by atoms with E-state index in [1.54, 1.807) is 0 Å². The predicted octanol–water partition coefficient (Wildman–Crippen LogP) is 9.30. The van der Waals surface area contributed by atoms with Crippen molar-refractivity contribution in [3.8, 4) is 6.07 Å². The van der Waals surface area contributed by atoms with Crippen LogP contribution in [0.4, 0.5) is 5.69 Å². The van der Waals surface area contributed by atoms with Crippen molar-refractivity contribution in [1.82, 2.24) is 9.88 Å².